The quantitative estimate of drug-likeness (QED) is 0.364. The molecule has 9 nitrogen and oxygen atoms in total. The van der Waals surface area contributed by atoms with Crippen molar-refractivity contribution in [2.24, 2.45) is 0 Å². The van der Waals surface area contributed by atoms with Gasteiger partial charge in [-0.1, -0.05) is 0 Å². The van der Waals surface area contributed by atoms with Gasteiger partial charge in [-0.2, -0.15) is 0 Å². The molecule has 0 aliphatic carbocycles. The third-order valence-electron chi connectivity index (χ3n) is 3.21. The van der Waals surface area contributed by atoms with Crippen molar-refractivity contribution < 1.29 is 24.0 Å². The van der Waals surface area contributed by atoms with E-state index in [0.717, 1.165) is 0 Å². The van der Waals surface area contributed by atoms with Gasteiger partial charge < -0.3 is 14.8 Å². The Kier molecular flexibility index (Phi) is 8.48. The first kappa shape index (κ1) is 20.5. The van der Waals surface area contributed by atoms with Gasteiger partial charge in [-0.15, -0.1) is 0 Å². The van der Waals surface area contributed by atoms with Gasteiger partial charge in [-0.3, -0.25) is 19.7 Å². The number of hydrogen-bond donors (Lipinski definition) is 1. The summed E-state index contributed by atoms with van der Waals surface area (Å²) in [5.41, 5.74) is 0.348. The van der Waals surface area contributed by atoms with Crippen molar-refractivity contribution in [3.63, 3.8) is 0 Å². The van der Waals surface area contributed by atoms with Gasteiger partial charge in [0.05, 0.1) is 18.0 Å². The topological polar surface area (TPSA) is 121 Å². The zero-order valence-electron chi connectivity index (χ0n) is 14.6. The van der Waals surface area contributed by atoms with Crippen LogP contribution in [0.1, 0.15) is 32.4 Å². The Morgan fingerprint density at radius 2 is 2.00 bits per heavy atom. The molecule has 0 bridgehead atoms. The molecule has 1 rings (SSSR count). The summed E-state index contributed by atoms with van der Waals surface area (Å²) in [6.07, 6.45) is -0.149. The molecule has 138 valence electrons. The second kappa shape index (κ2) is 10.3. The lowest BCUT2D eigenvalue weighted by atomic mass is 10.1. The van der Waals surface area contributed by atoms with E-state index in [2.05, 4.69) is 10.3 Å². The highest BCUT2D eigenvalue weighted by Crippen LogP contribution is 2.24. The Balaban J connectivity index is 2.95. The number of nitrogens with zero attached hydrogens (tertiary/aromatic N) is 2. The molecule has 1 aromatic rings. The number of nitro groups is 1. The molecular weight excluding hydrogens is 330 g/mol. The average molecular weight is 353 g/mol. The summed E-state index contributed by atoms with van der Waals surface area (Å²) in [5.74, 6) is -0.707. The third-order valence-corrected chi connectivity index (χ3v) is 3.21. The minimum absolute atomic E-state index is 0.0171. The third kappa shape index (κ3) is 7.25. The van der Waals surface area contributed by atoms with E-state index in [0.29, 0.717) is 12.3 Å². The molecule has 1 N–H and O–H groups in total. The molecular formula is C16H23N3O6. The lowest BCUT2D eigenvalue weighted by Crippen LogP contribution is -2.29. The number of ether oxygens (including phenoxy) is 2. The van der Waals surface area contributed by atoms with Gasteiger partial charge in [0.2, 0.25) is 5.82 Å². The highest BCUT2D eigenvalue weighted by Gasteiger charge is 2.23. The molecule has 0 radical (unpaired) electrons. The number of aromatic nitrogens is 1. The minimum atomic E-state index is -0.681. The Morgan fingerprint density at radius 1 is 1.28 bits per heavy atom. The number of esters is 1. The van der Waals surface area contributed by atoms with Crippen LogP contribution in [0.15, 0.2) is 12.1 Å². The first-order valence-corrected chi connectivity index (χ1v) is 8.01. The van der Waals surface area contributed by atoms with E-state index >= 15 is 0 Å². The van der Waals surface area contributed by atoms with Crippen LogP contribution < -0.4 is 5.32 Å². The van der Waals surface area contributed by atoms with Gasteiger partial charge in [0, 0.05) is 30.8 Å². The van der Waals surface area contributed by atoms with E-state index in [1.165, 1.54) is 12.1 Å². The van der Waals surface area contributed by atoms with Gasteiger partial charge in [0.15, 0.2) is 5.78 Å². The van der Waals surface area contributed by atoms with Gasteiger partial charge in [-0.05, 0) is 26.8 Å². The largest absolute Gasteiger partial charge is 0.466 e. The molecule has 0 aliphatic heterocycles. The molecule has 0 aliphatic rings. The van der Waals surface area contributed by atoms with E-state index in [1.807, 2.05) is 0 Å². The zero-order valence-corrected chi connectivity index (χ0v) is 14.6. The van der Waals surface area contributed by atoms with Gasteiger partial charge in [0.1, 0.15) is 6.61 Å². The fourth-order valence-corrected chi connectivity index (χ4v) is 2.14. The van der Waals surface area contributed by atoms with Crippen molar-refractivity contribution in [2.75, 3.05) is 25.1 Å². The van der Waals surface area contributed by atoms with Crippen molar-refractivity contribution in [3.8, 4) is 0 Å². The molecule has 1 unspecified atom stereocenters. The van der Waals surface area contributed by atoms with Crippen LogP contribution >= 0.6 is 0 Å². The zero-order chi connectivity index (χ0) is 18.8. The van der Waals surface area contributed by atoms with Crippen LogP contribution in [0.3, 0.4) is 0 Å². The fraction of sp³-hybridized carbons (Fsp3) is 0.562. The number of Topliss-reactive ketones (excluding diaryl/α,β-unsaturated/α-hetero) is 1. The van der Waals surface area contributed by atoms with Gasteiger partial charge >= 0.3 is 11.7 Å². The number of anilines is 1. The second-order valence-corrected chi connectivity index (χ2v) is 5.31. The first-order valence-electron chi connectivity index (χ1n) is 8.01. The number of ketones is 1. The van der Waals surface area contributed by atoms with Gasteiger partial charge in [0.25, 0.3) is 0 Å². The van der Waals surface area contributed by atoms with Crippen molar-refractivity contribution in [3.05, 3.63) is 27.9 Å². The number of nitrogens with one attached hydrogen (secondary N) is 1. The van der Waals surface area contributed by atoms with Crippen LogP contribution in [0.25, 0.3) is 0 Å². The summed E-state index contributed by atoms with van der Waals surface area (Å²) in [4.78, 5) is 38.4. The van der Waals surface area contributed by atoms with Crippen molar-refractivity contribution in [1.82, 2.24) is 4.98 Å². The number of rotatable bonds is 11. The van der Waals surface area contributed by atoms with E-state index in [9.17, 15) is 19.7 Å². The normalized spacial score (nSPS) is 11.6. The number of carbonyl (C=O) groups excluding carboxylic acids is 2. The van der Waals surface area contributed by atoms with Crippen LogP contribution in [-0.2, 0) is 19.1 Å². The molecule has 0 saturated carbocycles. The average Bonchev–Trinajstić information content (AvgIpc) is 2.52. The first-order chi connectivity index (χ1) is 11.9. The highest BCUT2D eigenvalue weighted by molar-refractivity contribution is 5.82. The molecule has 0 aromatic carbocycles. The maximum atomic E-state index is 12.0. The second-order valence-electron chi connectivity index (χ2n) is 5.31. The number of carbonyl (C=O) groups is 2. The van der Waals surface area contributed by atoms with E-state index in [-0.39, 0.29) is 43.3 Å². The Labute approximate surface area is 145 Å². The summed E-state index contributed by atoms with van der Waals surface area (Å²) in [6, 6.07) is 2.16. The van der Waals surface area contributed by atoms with Crippen molar-refractivity contribution in [2.45, 2.75) is 39.7 Å². The van der Waals surface area contributed by atoms with Gasteiger partial charge in [-0.25, -0.2) is 4.98 Å². The maximum absolute atomic E-state index is 12.0. The minimum Gasteiger partial charge on any atom is -0.466 e. The lowest BCUT2D eigenvalue weighted by molar-refractivity contribution is -0.384. The standard InChI is InChI=1S/C16H23N3O6/c1-4-24-10-13(20)8-12(9-15(21)25-5-2)18-16-14(19(22)23)7-6-11(3)17-16/h6-7,12H,4-5,8-10H2,1-3H3,(H,17,18). The van der Waals surface area contributed by atoms with Crippen LogP contribution in [0, 0.1) is 17.0 Å². The predicted octanol–water partition coefficient (Wildman–Crippen LogP) is 2.03. The summed E-state index contributed by atoms with van der Waals surface area (Å²) < 4.78 is 9.96. The monoisotopic (exact) mass is 353 g/mol. The molecule has 0 amide bonds. The summed E-state index contributed by atoms with van der Waals surface area (Å²) >= 11 is 0. The molecule has 0 saturated heterocycles. The fourth-order valence-electron chi connectivity index (χ4n) is 2.14. The number of aryl methyl sites for hydroxylation is 1. The lowest BCUT2D eigenvalue weighted by Gasteiger charge is -2.18. The molecule has 9 heteroatoms. The maximum Gasteiger partial charge on any atom is 0.311 e. The van der Waals surface area contributed by atoms with E-state index in [4.69, 9.17) is 9.47 Å². The number of pyridine rings is 1. The molecule has 1 heterocycles. The smallest absolute Gasteiger partial charge is 0.311 e. The van der Waals surface area contributed by atoms with Crippen LogP contribution in [-0.4, -0.2) is 47.5 Å². The summed E-state index contributed by atoms with van der Waals surface area (Å²) in [6.45, 7) is 5.65. The van der Waals surface area contributed by atoms with Crippen molar-refractivity contribution >= 4 is 23.3 Å². The molecule has 1 aromatic heterocycles. The van der Waals surface area contributed by atoms with Crippen LogP contribution in [0.4, 0.5) is 11.5 Å². The summed E-state index contributed by atoms with van der Waals surface area (Å²) in [7, 11) is 0. The molecule has 1 atom stereocenters. The Morgan fingerprint density at radius 3 is 2.60 bits per heavy atom. The van der Waals surface area contributed by atoms with E-state index < -0.39 is 16.9 Å². The molecule has 0 spiro atoms. The van der Waals surface area contributed by atoms with Crippen LogP contribution in [0.5, 0.6) is 0 Å². The predicted molar refractivity (Wildman–Crippen MR) is 90.4 cm³/mol. The summed E-state index contributed by atoms with van der Waals surface area (Å²) in [5, 5.41) is 14.0. The Bertz CT molecular complexity index is 620. The highest BCUT2D eigenvalue weighted by atomic mass is 16.6. The van der Waals surface area contributed by atoms with E-state index in [1.54, 1.807) is 20.8 Å². The molecule has 25 heavy (non-hydrogen) atoms. The Hall–Kier alpha value is -2.55. The van der Waals surface area contributed by atoms with Crippen molar-refractivity contribution in [1.29, 1.82) is 0 Å². The number of hydrogen-bond acceptors (Lipinski definition) is 8. The van der Waals surface area contributed by atoms with Crippen LogP contribution in [0.2, 0.25) is 0 Å². The molecule has 0 fully saturated rings. The SMILES string of the molecule is CCOCC(=O)CC(CC(=O)OCC)Nc1nc(C)ccc1[N+](=O)[O-].